The highest BCUT2D eigenvalue weighted by atomic mass is 32.2. The SMILES string of the molecule is COc1ccccc1S(=O)(=O)c1c(N)[nH]c2c(N3CCOC(C)C3)ncnc12. The molecule has 2 aromatic heterocycles. The third-order valence-electron chi connectivity index (χ3n) is 4.71. The Bertz CT molecular complexity index is 1130. The average Bonchev–Trinajstić information content (AvgIpc) is 3.04. The van der Waals surface area contributed by atoms with Crippen LogP contribution in [0.4, 0.5) is 11.6 Å². The fourth-order valence-corrected chi connectivity index (χ4v) is 5.10. The van der Waals surface area contributed by atoms with Crippen molar-refractivity contribution in [2.24, 2.45) is 0 Å². The van der Waals surface area contributed by atoms with Gasteiger partial charge in [-0.25, -0.2) is 18.4 Å². The van der Waals surface area contributed by atoms with Crippen molar-refractivity contribution in [1.29, 1.82) is 0 Å². The minimum atomic E-state index is -3.97. The molecule has 3 N–H and O–H groups in total. The van der Waals surface area contributed by atoms with Crippen molar-refractivity contribution >= 4 is 32.5 Å². The normalized spacial score (nSPS) is 17.8. The molecule has 1 atom stereocenters. The summed E-state index contributed by atoms with van der Waals surface area (Å²) in [4.78, 5) is 13.6. The summed E-state index contributed by atoms with van der Waals surface area (Å²) in [5, 5.41) is 0. The van der Waals surface area contributed by atoms with Gasteiger partial charge in [-0.05, 0) is 19.1 Å². The number of nitrogens with two attached hydrogens (primary N) is 1. The fraction of sp³-hybridized carbons (Fsp3) is 0.333. The lowest BCUT2D eigenvalue weighted by Crippen LogP contribution is -2.41. The molecule has 3 aromatic rings. The van der Waals surface area contributed by atoms with Gasteiger partial charge < -0.3 is 25.1 Å². The number of H-pyrrole nitrogens is 1. The molecule has 0 amide bonds. The Labute approximate surface area is 162 Å². The van der Waals surface area contributed by atoms with Gasteiger partial charge >= 0.3 is 0 Å². The van der Waals surface area contributed by atoms with E-state index < -0.39 is 9.84 Å². The number of sulfone groups is 1. The molecule has 1 aliphatic rings. The second kappa shape index (κ2) is 6.95. The minimum Gasteiger partial charge on any atom is -0.495 e. The predicted octanol–water partition coefficient (Wildman–Crippen LogP) is 1.61. The van der Waals surface area contributed by atoms with Gasteiger partial charge in [0.2, 0.25) is 9.84 Å². The third-order valence-corrected chi connectivity index (χ3v) is 6.58. The number of nitrogen functional groups attached to an aromatic ring is 1. The molecule has 1 aliphatic heterocycles. The highest BCUT2D eigenvalue weighted by molar-refractivity contribution is 7.92. The molecule has 1 unspecified atom stereocenters. The summed E-state index contributed by atoms with van der Waals surface area (Å²) < 4.78 is 37.6. The third kappa shape index (κ3) is 2.94. The van der Waals surface area contributed by atoms with Crippen LogP contribution in [-0.4, -0.2) is 56.3 Å². The average molecular weight is 403 g/mol. The number of aromatic amines is 1. The van der Waals surface area contributed by atoms with Crippen LogP contribution in [0.3, 0.4) is 0 Å². The van der Waals surface area contributed by atoms with Crippen LogP contribution in [-0.2, 0) is 14.6 Å². The van der Waals surface area contributed by atoms with E-state index in [9.17, 15) is 8.42 Å². The van der Waals surface area contributed by atoms with Gasteiger partial charge in [-0.1, -0.05) is 12.1 Å². The highest BCUT2D eigenvalue weighted by Crippen LogP contribution is 2.38. The van der Waals surface area contributed by atoms with Crippen molar-refractivity contribution in [3.63, 3.8) is 0 Å². The van der Waals surface area contributed by atoms with Gasteiger partial charge in [0, 0.05) is 13.1 Å². The van der Waals surface area contributed by atoms with Crippen LogP contribution < -0.4 is 15.4 Å². The number of rotatable bonds is 4. The van der Waals surface area contributed by atoms with E-state index in [4.69, 9.17) is 15.2 Å². The van der Waals surface area contributed by atoms with Crippen LogP contribution in [0.15, 0.2) is 40.4 Å². The zero-order chi connectivity index (χ0) is 19.9. The molecular weight excluding hydrogens is 382 g/mol. The molecule has 148 valence electrons. The van der Waals surface area contributed by atoms with Gasteiger partial charge in [0.25, 0.3) is 0 Å². The topological polar surface area (TPSA) is 123 Å². The number of fused-ring (bicyclic) bond motifs is 1. The summed E-state index contributed by atoms with van der Waals surface area (Å²) in [7, 11) is -2.55. The molecule has 1 fully saturated rings. The number of hydrogen-bond acceptors (Lipinski definition) is 8. The second-order valence-electron chi connectivity index (χ2n) is 6.57. The first kappa shape index (κ1) is 18.5. The van der Waals surface area contributed by atoms with Crippen LogP contribution in [0.2, 0.25) is 0 Å². The number of methoxy groups -OCH3 is 1. The maximum absolute atomic E-state index is 13.4. The van der Waals surface area contributed by atoms with E-state index >= 15 is 0 Å². The number of nitrogens with one attached hydrogen (secondary N) is 1. The Kier molecular flexibility index (Phi) is 4.60. The summed E-state index contributed by atoms with van der Waals surface area (Å²) in [5.41, 5.74) is 6.85. The van der Waals surface area contributed by atoms with E-state index in [-0.39, 0.29) is 33.0 Å². The number of morpholine rings is 1. The molecule has 10 heteroatoms. The van der Waals surface area contributed by atoms with Crippen LogP contribution in [0.5, 0.6) is 5.75 Å². The van der Waals surface area contributed by atoms with Gasteiger partial charge in [0.05, 0.1) is 19.8 Å². The predicted molar refractivity (Wildman–Crippen MR) is 104 cm³/mol. The molecule has 9 nitrogen and oxygen atoms in total. The van der Waals surface area contributed by atoms with Gasteiger partial charge in [0.1, 0.15) is 38.7 Å². The summed E-state index contributed by atoms with van der Waals surface area (Å²) in [6.07, 6.45) is 1.40. The molecule has 28 heavy (non-hydrogen) atoms. The lowest BCUT2D eigenvalue weighted by molar-refractivity contribution is 0.0530. The van der Waals surface area contributed by atoms with Gasteiger partial charge in [-0.2, -0.15) is 0 Å². The molecule has 1 saturated heterocycles. The molecule has 4 rings (SSSR count). The Morgan fingerprint density at radius 1 is 1.32 bits per heavy atom. The van der Waals surface area contributed by atoms with E-state index in [0.717, 1.165) is 0 Å². The van der Waals surface area contributed by atoms with Gasteiger partial charge in [-0.3, -0.25) is 0 Å². The number of hydrogen-bond donors (Lipinski definition) is 2. The summed E-state index contributed by atoms with van der Waals surface area (Å²) >= 11 is 0. The minimum absolute atomic E-state index is 0.0176. The van der Waals surface area contributed by atoms with Gasteiger partial charge in [-0.15, -0.1) is 0 Å². The fourth-order valence-electron chi connectivity index (χ4n) is 3.46. The largest absolute Gasteiger partial charge is 0.495 e. The van der Waals surface area contributed by atoms with E-state index in [1.807, 2.05) is 11.8 Å². The highest BCUT2D eigenvalue weighted by Gasteiger charge is 2.31. The molecule has 0 spiro atoms. The monoisotopic (exact) mass is 403 g/mol. The molecule has 1 aromatic carbocycles. The number of anilines is 2. The van der Waals surface area contributed by atoms with Crippen molar-refractivity contribution in [2.45, 2.75) is 22.8 Å². The van der Waals surface area contributed by atoms with Crippen molar-refractivity contribution in [3.8, 4) is 5.75 Å². The Hall–Kier alpha value is -2.85. The molecule has 3 heterocycles. The van der Waals surface area contributed by atoms with Crippen molar-refractivity contribution < 1.29 is 17.9 Å². The van der Waals surface area contributed by atoms with Crippen molar-refractivity contribution in [1.82, 2.24) is 15.0 Å². The van der Waals surface area contributed by atoms with Crippen LogP contribution >= 0.6 is 0 Å². The smallest absolute Gasteiger partial charge is 0.216 e. The van der Waals surface area contributed by atoms with Crippen LogP contribution in [0, 0.1) is 0 Å². The number of aromatic nitrogens is 3. The summed E-state index contributed by atoms with van der Waals surface area (Å²) in [6.45, 7) is 3.82. The van der Waals surface area contributed by atoms with Crippen molar-refractivity contribution in [3.05, 3.63) is 30.6 Å². The first-order valence-electron chi connectivity index (χ1n) is 8.80. The first-order valence-corrected chi connectivity index (χ1v) is 10.3. The lowest BCUT2D eigenvalue weighted by atomic mass is 10.3. The molecule has 0 radical (unpaired) electrons. The number of nitrogens with zero attached hydrogens (tertiary/aromatic N) is 3. The molecule has 0 bridgehead atoms. The number of ether oxygens (including phenoxy) is 2. The van der Waals surface area contributed by atoms with E-state index in [1.165, 1.54) is 19.5 Å². The Morgan fingerprint density at radius 2 is 2.11 bits per heavy atom. The van der Waals surface area contributed by atoms with E-state index in [2.05, 4.69) is 15.0 Å². The zero-order valence-electron chi connectivity index (χ0n) is 15.5. The number of para-hydroxylation sites is 1. The van der Waals surface area contributed by atoms with Crippen molar-refractivity contribution in [2.75, 3.05) is 37.4 Å². The van der Waals surface area contributed by atoms with Gasteiger partial charge in [0.15, 0.2) is 5.82 Å². The molecule has 0 aliphatic carbocycles. The van der Waals surface area contributed by atoms with Crippen LogP contribution in [0.25, 0.3) is 11.0 Å². The lowest BCUT2D eigenvalue weighted by Gasteiger charge is -2.32. The Balaban J connectivity index is 1.89. The quantitative estimate of drug-likeness (QED) is 0.673. The molecular formula is C18H21N5O4S. The summed E-state index contributed by atoms with van der Waals surface area (Å²) in [5.74, 6) is 0.866. The zero-order valence-corrected chi connectivity index (χ0v) is 16.4. The standard InChI is InChI=1S/C18H21N5O4S/c1-11-9-23(7-8-27-11)18-15-14(20-10-21-18)16(17(19)22-15)28(24,25)13-6-4-3-5-12(13)26-2/h3-6,10-11,22H,7-9,19H2,1-2H3. The van der Waals surface area contributed by atoms with E-state index in [0.29, 0.717) is 31.0 Å². The summed E-state index contributed by atoms with van der Waals surface area (Å²) in [6, 6.07) is 6.41. The van der Waals surface area contributed by atoms with Crippen LogP contribution in [0.1, 0.15) is 6.92 Å². The van der Waals surface area contributed by atoms with E-state index in [1.54, 1.807) is 18.2 Å². The Morgan fingerprint density at radius 3 is 2.86 bits per heavy atom. The maximum Gasteiger partial charge on any atom is 0.216 e. The second-order valence-corrected chi connectivity index (χ2v) is 8.43. The molecule has 0 saturated carbocycles. The first-order chi connectivity index (χ1) is 13.4. The maximum atomic E-state index is 13.4. The number of benzene rings is 1.